The van der Waals surface area contributed by atoms with E-state index in [1.165, 1.54) is 31.3 Å². The summed E-state index contributed by atoms with van der Waals surface area (Å²) in [6, 6.07) is 19.7. The first-order valence-electron chi connectivity index (χ1n) is 16.9. The maximum absolute atomic E-state index is 13.4. The van der Waals surface area contributed by atoms with Gasteiger partial charge in [-0.25, -0.2) is 0 Å². The van der Waals surface area contributed by atoms with E-state index in [2.05, 4.69) is 48.3 Å². The van der Waals surface area contributed by atoms with E-state index in [4.69, 9.17) is 0 Å². The topological polar surface area (TPSA) is 50.2 Å². The predicted octanol–water partition coefficient (Wildman–Crippen LogP) is 12.7. The molecule has 0 amide bonds. The number of aryl methyl sites for hydroxylation is 2. The molecule has 265 valence electrons. The number of hydrogen-bond acceptors (Lipinski definition) is 4. The number of thiophene rings is 1. The van der Waals surface area contributed by atoms with Crippen molar-refractivity contribution in [1.29, 1.82) is 0 Å². The summed E-state index contributed by atoms with van der Waals surface area (Å²) in [6.07, 6.45) is 2.46. The summed E-state index contributed by atoms with van der Waals surface area (Å²) in [7, 11) is 0. The second-order valence-corrected chi connectivity index (χ2v) is 14.6. The molecule has 0 bridgehead atoms. The minimum atomic E-state index is -4.24. The van der Waals surface area contributed by atoms with Crippen molar-refractivity contribution in [3.05, 3.63) is 88.6 Å². The number of aliphatic hydroxyl groups is 1. The van der Waals surface area contributed by atoms with Gasteiger partial charge in [0.1, 0.15) is 0 Å². The van der Waals surface area contributed by atoms with Gasteiger partial charge in [-0.05, 0) is 71.5 Å². The average Bonchev–Trinajstić information content (AvgIpc) is 3.43. The van der Waals surface area contributed by atoms with E-state index >= 15 is 0 Å². The zero-order valence-corrected chi connectivity index (χ0v) is 32.9. The molecule has 0 aliphatic rings. The fraction of sp³-hybridized carbons (Fsp3) is 0.415. The Morgan fingerprint density at radius 2 is 1.47 bits per heavy atom. The summed E-state index contributed by atoms with van der Waals surface area (Å²) in [5.41, 5.74) is 2.32. The number of hydrogen-bond donors (Lipinski definition) is 1. The smallest absolute Gasteiger partial charge is 0.394 e. The normalized spacial score (nSPS) is 12.5. The zero-order valence-electron chi connectivity index (χ0n) is 29.6. The Balaban J connectivity index is 0.000000347. The quantitative estimate of drug-likeness (QED) is 0.0658. The van der Waals surface area contributed by atoms with Crippen molar-refractivity contribution in [2.75, 3.05) is 0 Å². The summed E-state index contributed by atoms with van der Waals surface area (Å²) in [5, 5.41) is 15.0. The summed E-state index contributed by atoms with van der Waals surface area (Å²) in [5.74, 6) is 0.547. The van der Waals surface area contributed by atoms with Gasteiger partial charge in [0.25, 0.3) is 0 Å². The van der Waals surface area contributed by atoms with Gasteiger partial charge in [0.15, 0.2) is 5.78 Å². The number of pyridine rings is 1. The van der Waals surface area contributed by atoms with Crippen molar-refractivity contribution in [3.63, 3.8) is 0 Å². The number of carbonyl (C=O) groups excluding carboxylic acids is 1. The molecule has 2 heterocycles. The Bertz CT molecular complexity index is 1910. The molecule has 0 unspecified atom stereocenters. The number of fused-ring (bicyclic) bond motifs is 5. The second kappa shape index (κ2) is 16.8. The van der Waals surface area contributed by atoms with Gasteiger partial charge in [-0.2, -0.15) is 13.2 Å². The maximum atomic E-state index is 13.4. The number of allylic oxidation sites excluding steroid dienone is 2. The van der Waals surface area contributed by atoms with E-state index in [1.807, 2.05) is 59.0 Å². The zero-order chi connectivity index (χ0) is 35.4. The minimum absolute atomic E-state index is 0. The van der Waals surface area contributed by atoms with Gasteiger partial charge in [-0.1, -0.05) is 79.7 Å². The SMILES string of the molecule is CCC(CC)C(=O)/C=C(\O)C(CC)CC.Cc1[c-]c(-c2nccc3c2ccc2c3ccc3cc(CC(C)(C)C(F)(F)F)sc32)cc(C)c1.[Ir]. The number of nitrogens with zero attached hydrogens (tertiary/aromatic N) is 1. The second-order valence-electron chi connectivity index (χ2n) is 13.4. The number of carbonyl (C=O) groups is 1. The van der Waals surface area contributed by atoms with E-state index in [9.17, 15) is 23.1 Å². The first-order chi connectivity index (χ1) is 22.6. The first-order valence-corrected chi connectivity index (χ1v) is 17.7. The number of aromatic nitrogens is 1. The number of aliphatic hydroxyl groups excluding tert-OH is 1. The number of benzene rings is 3. The average molecular weight is 867 g/mol. The molecular weight excluding hydrogens is 820 g/mol. The molecule has 2 aromatic heterocycles. The van der Waals surface area contributed by atoms with E-state index in [1.54, 1.807) is 0 Å². The fourth-order valence-corrected chi connectivity index (χ4v) is 7.68. The molecule has 1 radical (unpaired) electrons. The number of rotatable bonds is 10. The van der Waals surface area contributed by atoms with Gasteiger partial charge >= 0.3 is 6.18 Å². The van der Waals surface area contributed by atoms with Crippen LogP contribution in [0.4, 0.5) is 13.2 Å². The molecule has 0 atom stereocenters. The molecule has 0 saturated carbocycles. The van der Waals surface area contributed by atoms with E-state index < -0.39 is 11.6 Å². The van der Waals surface area contributed by atoms with Crippen LogP contribution < -0.4 is 0 Å². The van der Waals surface area contributed by atoms with Crippen LogP contribution in [0.3, 0.4) is 0 Å². The Kier molecular flexibility index (Phi) is 13.8. The van der Waals surface area contributed by atoms with E-state index in [0.717, 1.165) is 84.6 Å². The van der Waals surface area contributed by atoms with E-state index in [-0.39, 0.29) is 49.9 Å². The van der Waals surface area contributed by atoms with Gasteiger partial charge in [0.05, 0.1) is 11.2 Å². The molecule has 49 heavy (non-hydrogen) atoms. The van der Waals surface area contributed by atoms with Crippen LogP contribution in [0, 0.1) is 37.2 Å². The molecule has 0 aliphatic heterocycles. The van der Waals surface area contributed by atoms with Crippen molar-refractivity contribution in [2.45, 2.75) is 93.7 Å². The number of halogens is 3. The molecule has 3 nitrogen and oxygen atoms in total. The van der Waals surface area contributed by atoms with E-state index in [0.29, 0.717) is 0 Å². The fourth-order valence-electron chi connectivity index (χ4n) is 6.26. The Morgan fingerprint density at radius 1 is 0.878 bits per heavy atom. The van der Waals surface area contributed by atoms with Gasteiger partial charge in [-0.3, -0.25) is 4.79 Å². The van der Waals surface area contributed by atoms with Gasteiger partial charge < -0.3 is 10.1 Å². The van der Waals surface area contributed by atoms with Gasteiger partial charge in [0.2, 0.25) is 0 Å². The van der Waals surface area contributed by atoms with Gasteiger partial charge in [0, 0.05) is 59.2 Å². The van der Waals surface area contributed by atoms with Crippen LogP contribution in [0.2, 0.25) is 0 Å². The number of ketones is 1. The van der Waals surface area contributed by atoms with Crippen molar-refractivity contribution in [1.82, 2.24) is 4.98 Å². The van der Waals surface area contributed by atoms with Crippen LogP contribution in [0.25, 0.3) is 42.9 Å². The third-order valence-corrected chi connectivity index (χ3v) is 10.5. The van der Waals surface area contributed by atoms with Crippen LogP contribution in [-0.4, -0.2) is 22.1 Å². The standard InChI is InChI=1S/C28H23F3NS.C13H24O2.Ir/c1-16-11-17(2)13-19(12-16)25-23-7-8-24-21(22(23)9-10-32-25)6-5-18-14-20(33-26(18)24)15-27(3,4)28(29,30)31;1-5-10(6-2)12(14)9-13(15)11(7-3)8-4;/h5-12,14H,15H2,1-4H3;9-11,14H,5-8H2,1-4H3;/q-1;;/b;12-9-;. The Labute approximate surface area is 306 Å². The van der Waals surface area contributed by atoms with Crippen molar-refractivity contribution >= 4 is 48.8 Å². The first kappa shape index (κ1) is 40.4. The third kappa shape index (κ3) is 9.19. The summed E-state index contributed by atoms with van der Waals surface area (Å²) < 4.78 is 41.3. The molecule has 5 rings (SSSR count). The minimum Gasteiger partial charge on any atom is -0.512 e. The van der Waals surface area contributed by atoms with Crippen LogP contribution in [0.1, 0.15) is 83.2 Å². The maximum Gasteiger partial charge on any atom is 0.394 e. The molecule has 5 aromatic rings. The molecule has 0 saturated heterocycles. The predicted molar refractivity (Wildman–Crippen MR) is 196 cm³/mol. The Hall–Kier alpha value is -3.06. The monoisotopic (exact) mass is 867 g/mol. The molecular formula is C41H47F3IrNO2S-. The van der Waals surface area contributed by atoms with Crippen LogP contribution in [-0.2, 0) is 31.3 Å². The van der Waals surface area contributed by atoms with Crippen LogP contribution >= 0.6 is 11.3 Å². The summed E-state index contributed by atoms with van der Waals surface area (Å²) >= 11 is 1.46. The molecule has 0 fully saturated rings. The van der Waals surface area contributed by atoms with Crippen molar-refractivity contribution in [3.8, 4) is 11.3 Å². The molecule has 3 aromatic carbocycles. The Morgan fingerprint density at radius 3 is 2.06 bits per heavy atom. The molecule has 0 aliphatic carbocycles. The largest absolute Gasteiger partial charge is 0.512 e. The summed E-state index contributed by atoms with van der Waals surface area (Å²) in [4.78, 5) is 17.1. The third-order valence-electron chi connectivity index (χ3n) is 9.34. The van der Waals surface area contributed by atoms with Crippen LogP contribution in [0.5, 0.6) is 0 Å². The number of alkyl halides is 3. The molecule has 8 heteroatoms. The summed E-state index contributed by atoms with van der Waals surface area (Å²) in [6.45, 7) is 14.7. The molecule has 1 N–H and O–H groups in total. The van der Waals surface area contributed by atoms with Gasteiger partial charge in [-0.15, -0.1) is 46.2 Å². The van der Waals surface area contributed by atoms with Crippen molar-refractivity contribution < 1.29 is 43.2 Å². The van der Waals surface area contributed by atoms with Crippen molar-refractivity contribution in [2.24, 2.45) is 17.3 Å². The molecule has 0 spiro atoms. The van der Waals surface area contributed by atoms with Crippen LogP contribution in [0.15, 0.2) is 66.6 Å².